The van der Waals surface area contributed by atoms with E-state index < -0.39 is 40.1 Å². The van der Waals surface area contributed by atoms with Gasteiger partial charge in [0.05, 0.1) is 10.5 Å². The molecule has 0 aliphatic carbocycles. The molecule has 164 valence electrons. The summed E-state index contributed by atoms with van der Waals surface area (Å²) in [4.78, 5) is 59.5. The number of nitro benzene ring substituents is 1. The molecule has 0 unspecified atom stereocenters. The maximum atomic E-state index is 12.5. The highest BCUT2D eigenvalue weighted by Gasteiger charge is 2.22. The van der Waals surface area contributed by atoms with Crippen molar-refractivity contribution >= 4 is 29.3 Å². The van der Waals surface area contributed by atoms with Crippen LogP contribution in [0, 0.1) is 16.0 Å². The number of carbonyl (C=O) groups is 2. The maximum Gasteiger partial charge on any atom is 0.332 e. The van der Waals surface area contributed by atoms with Crippen molar-refractivity contribution in [3.63, 3.8) is 0 Å². The maximum absolute atomic E-state index is 12.5. The summed E-state index contributed by atoms with van der Waals surface area (Å²) in [7, 11) is 1.22. The van der Waals surface area contributed by atoms with E-state index in [0.29, 0.717) is 0 Å². The van der Waals surface area contributed by atoms with E-state index in [1.165, 1.54) is 31.3 Å². The van der Waals surface area contributed by atoms with Crippen LogP contribution in [0.25, 0.3) is 6.08 Å². The van der Waals surface area contributed by atoms with Gasteiger partial charge in [-0.25, -0.2) is 9.59 Å². The smallest absolute Gasteiger partial charge is 0.332 e. The van der Waals surface area contributed by atoms with E-state index in [1.807, 2.05) is 13.8 Å². The highest BCUT2D eigenvalue weighted by atomic mass is 16.6. The number of ether oxygens (including phenoxy) is 1. The molecule has 2 N–H and O–H groups in total. The number of hydrogen-bond acceptors (Lipinski definition) is 8. The summed E-state index contributed by atoms with van der Waals surface area (Å²) in [5, 5.41) is 11.0. The number of rotatable bonds is 8. The first kappa shape index (κ1) is 23.3. The molecule has 0 bridgehead atoms. The summed E-state index contributed by atoms with van der Waals surface area (Å²) in [6.45, 7) is 3.07. The van der Waals surface area contributed by atoms with Crippen LogP contribution in [0.4, 0.5) is 11.5 Å². The van der Waals surface area contributed by atoms with E-state index in [4.69, 9.17) is 10.5 Å². The molecule has 1 aromatic carbocycles. The van der Waals surface area contributed by atoms with E-state index in [1.54, 1.807) is 6.07 Å². The first-order chi connectivity index (χ1) is 14.5. The number of nitro groups is 1. The number of Topliss-reactive ketones (excluding diaryl/α,β-unsaturated/α-hetero) is 1. The standard InChI is InChI=1S/C20H22N4O7/c1-12(2)10-23-18(21)17(19(27)22(3)20(23)28)15(25)11-31-16(26)9-8-13-6-4-5-7-14(13)24(29)30/h4-9,12H,10-11,21H2,1-3H3. The van der Waals surface area contributed by atoms with Gasteiger partial charge in [-0.15, -0.1) is 0 Å². The Morgan fingerprint density at radius 2 is 1.90 bits per heavy atom. The largest absolute Gasteiger partial charge is 0.454 e. The summed E-state index contributed by atoms with van der Waals surface area (Å²) >= 11 is 0. The molecule has 31 heavy (non-hydrogen) atoms. The van der Waals surface area contributed by atoms with Gasteiger partial charge < -0.3 is 10.5 Å². The molecular weight excluding hydrogens is 408 g/mol. The fourth-order valence-corrected chi connectivity index (χ4v) is 2.80. The van der Waals surface area contributed by atoms with Gasteiger partial charge in [-0.2, -0.15) is 0 Å². The monoisotopic (exact) mass is 430 g/mol. The molecule has 1 heterocycles. The Kier molecular flexibility index (Phi) is 7.24. The topological polar surface area (TPSA) is 157 Å². The molecule has 0 radical (unpaired) electrons. The van der Waals surface area contributed by atoms with Gasteiger partial charge in [0.2, 0.25) is 5.78 Å². The Bertz CT molecular complexity index is 1180. The highest BCUT2D eigenvalue weighted by molar-refractivity contribution is 6.02. The zero-order valence-electron chi connectivity index (χ0n) is 17.2. The van der Waals surface area contributed by atoms with Crippen LogP contribution in [-0.2, 0) is 23.1 Å². The van der Waals surface area contributed by atoms with Crippen LogP contribution >= 0.6 is 0 Å². The van der Waals surface area contributed by atoms with Gasteiger partial charge in [0.1, 0.15) is 11.4 Å². The van der Waals surface area contributed by atoms with E-state index in [2.05, 4.69) is 0 Å². The third kappa shape index (κ3) is 5.32. The number of anilines is 1. The summed E-state index contributed by atoms with van der Waals surface area (Å²) in [5.74, 6) is -2.09. The normalized spacial score (nSPS) is 11.1. The average Bonchev–Trinajstić information content (AvgIpc) is 2.72. The van der Waals surface area contributed by atoms with E-state index in [9.17, 15) is 29.3 Å². The van der Waals surface area contributed by atoms with Gasteiger partial charge in [0.25, 0.3) is 11.2 Å². The predicted molar refractivity (Wildman–Crippen MR) is 113 cm³/mol. The number of nitrogens with zero attached hydrogens (tertiary/aromatic N) is 3. The fraction of sp³-hybridized carbons (Fsp3) is 0.300. The molecule has 11 heteroatoms. The predicted octanol–water partition coefficient (Wildman–Crippen LogP) is 1.13. The molecule has 0 spiro atoms. The number of nitrogen functional groups attached to an aromatic ring is 1. The lowest BCUT2D eigenvalue weighted by molar-refractivity contribution is -0.385. The lowest BCUT2D eigenvalue weighted by Gasteiger charge is -2.16. The molecule has 0 atom stereocenters. The zero-order valence-corrected chi connectivity index (χ0v) is 17.2. The van der Waals surface area contributed by atoms with Gasteiger partial charge >= 0.3 is 11.7 Å². The summed E-state index contributed by atoms with van der Waals surface area (Å²) in [6, 6.07) is 5.76. The minimum Gasteiger partial charge on any atom is -0.454 e. The molecule has 0 fully saturated rings. The number of esters is 1. The van der Waals surface area contributed by atoms with E-state index in [0.717, 1.165) is 15.2 Å². The van der Waals surface area contributed by atoms with Crippen molar-refractivity contribution in [2.75, 3.05) is 12.3 Å². The summed E-state index contributed by atoms with van der Waals surface area (Å²) in [5.41, 5.74) is 3.88. The van der Waals surface area contributed by atoms with Crippen LogP contribution in [0.5, 0.6) is 0 Å². The molecule has 1 aromatic heterocycles. The average molecular weight is 430 g/mol. The number of aromatic nitrogens is 2. The van der Waals surface area contributed by atoms with Crippen molar-refractivity contribution in [1.82, 2.24) is 9.13 Å². The van der Waals surface area contributed by atoms with Crippen molar-refractivity contribution < 1.29 is 19.2 Å². The fourth-order valence-electron chi connectivity index (χ4n) is 2.80. The van der Waals surface area contributed by atoms with Gasteiger partial charge in [-0.05, 0) is 18.1 Å². The Labute approximate surface area is 176 Å². The molecule has 2 aromatic rings. The second-order valence-electron chi connectivity index (χ2n) is 7.09. The van der Waals surface area contributed by atoms with Crippen molar-refractivity contribution in [2.45, 2.75) is 20.4 Å². The molecule has 0 aliphatic rings. The Hall–Kier alpha value is -4.02. The lowest BCUT2D eigenvalue weighted by Crippen LogP contribution is -2.43. The minimum absolute atomic E-state index is 0.0189. The van der Waals surface area contributed by atoms with Crippen LogP contribution < -0.4 is 17.0 Å². The first-order valence-corrected chi connectivity index (χ1v) is 9.25. The Balaban J connectivity index is 2.21. The van der Waals surface area contributed by atoms with Gasteiger partial charge in [-0.3, -0.25) is 28.8 Å². The van der Waals surface area contributed by atoms with Gasteiger partial charge in [0.15, 0.2) is 6.61 Å². The summed E-state index contributed by atoms with van der Waals surface area (Å²) < 4.78 is 6.73. The number of para-hydroxylation sites is 1. The first-order valence-electron chi connectivity index (χ1n) is 9.25. The molecule has 0 amide bonds. The molecule has 0 saturated heterocycles. The van der Waals surface area contributed by atoms with E-state index in [-0.39, 0.29) is 29.5 Å². The SMILES string of the molecule is CC(C)Cn1c(N)c(C(=O)COC(=O)C=Cc2ccccc2[N+](=O)[O-])c(=O)n(C)c1=O. The van der Waals surface area contributed by atoms with Crippen LogP contribution in [0.1, 0.15) is 29.8 Å². The minimum atomic E-state index is -0.947. The lowest BCUT2D eigenvalue weighted by atomic mass is 10.1. The quantitative estimate of drug-likeness (QED) is 0.215. The third-order valence-electron chi connectivity index (χ3n) is 4.29. The van der Waals surface area contributed by atoms with Crippen LogP contribution in [0.15, 0.2) is 39.9 Å². The molecule has 2 rings (SSSR count). The molecule has 0 aliphatic heterocycles. The Morgan fingerprint density at radius 3 is 2.52 bits per heavy atom. The second-order valence-corrected chi connectivity index (χ2v) is 7.09. The number of hydrogen-bond donors (Lipinski definition) is 1. The van der Waals surface area contributed by atoms with Crippen molar-refractivity contribution in [1.29, 1.82) is 0 Å². The van der Waals surface area contributed by atoms with Crippen molar-refractivity contribution in [3.05, 3.63) is 72.4 Å². The second kappa shape index (κ2) is 9.65. The number of benzene rings is 1. The Morgan fingerprint density at radius 1 is 1.26 bits per heavy atom. The highest BCUT2D eigenvalue weighted by Crippen LogP contribution is 2.19. The van der Waals surface area contributed by atoms with E-state index >= 15 is 0 Å². The van der Waals surface area contributed by atoms with Crippen LogP contribution in [-0.4, -0.2) is 32.4 Å². The van der Waals surface area contributed by atoms with Gasteiger partial charge in [-0.1, -0.05) is 26.0 Å². The molecular formula is C20H22N4O7. The van der Waals surface area contributed by atoms with Crippen LogP contribution in [0.3, 0.4) is 0 Å². The summed E-state index contributed by atoms with van der Waals surface area (Å²) in [6.07, 6.45) is 2.11. The molecule has 11 nitrogen and oxygen atoms in total. The van der Waals surface area contributed by atoms with Crippen molar-refractivity contribution in [2.24, 2.45) is 13.0 Å². The number of nitrogens with two attached hydrogens (primary N) is 1. The number of carbonyl (C=O) groups excluding carboxylic acids is 2. The molecule has 0 saturated carbocycles. The number of ketones is 1. The zero-order chi connectivity index (χ0) is 23.3. The van der Waals surface area contributed by atoms with Crippen molar-refractivity contribution in [3.8, 4) is 0 Å². The van der Waals surface area contributed by atoms with Crippen LogP contribution in [0.2, 0.25) is 0 Å². The third-order valence-corrected chi connectivity index (χ3v) is 4.29. The van der Waals surface area contributed by atoms with Gasteiger partial charge in [0, 0.05) is 25.7 Å².